The number of benzene rings is 1. The van der Waals surface area contributed by atoms with E-state index in [1.54, 1.807) is 30.0 Å². The summed E-state index contributed by atoms with van der Waals surface area (Å²) in [5, 5.41) is 8.96. The molecule has 1 aromatic rings. The highest BCUT2D eigenvalue weighted by Gasteiger charge is 2.27. The molecule has 0 atom stereocenters. The number of carbonyl (C=O) groups is 1. The van der Waals surface area contributed by atoms with Crippen LogP contribution in [0.1, 0.15) is 18.4 Å². The predicted octanol–water partition coefficient (Wildman–Crippen LogP) is 1.48. The number of aryl methyl sites for hydroxylation is 1. The third kappa shape index (κ3) is 4.19. The van der Waals surface area contributed by atoms with Gasteiger partial charge < -0.3 is 5.11 Å². The van der Waals surface area contributed by atoms with Crippen LogP contribution in [0.15, 0.2) is 23.1 Å². The molecule has 0 bridgehead atoms. The Hall–Kier alpha value is -1.15. The molecule has 8 heteroatoms. The largest absolute Gasteiger partial charge is 0.480 e. The Kier molecular flexibility index (Phi) is 5.44. The van der Waals surface area contributed by atoms with Gasteiger partial charge in [-0.2, -0.15) is 0 Å². The van der Waals surface area contributed by atoms with Crippen LogP contribution in [0.2, 0.25) is 5.02 Å². The molecule has 0 unspecified atom stereocenters. The minimum atomic E-state index is -3.68. The van der Waals surface area contributed by atoms with Crippen molar-refractivity contribution >= 4 is 27.6 Å². The lowest BCUT2D eigenvalue weighted by Crippen LogP contribution is -2.46. The molecule has 0 amide bonds. The van der Waals surface area contributed by atoms with Crippen LogP contribution in [0, 0.1) is 6.92 Å². The predicted molar refractivity (Wildman–Crippen MR) is 83.6 cm³/mol. The normalized spacial score (nSPS) is 17.5. The first-order valence-electron chi connectivity index (χ1n) is 7.01. The molecule has 0 aromatic heterocycles. The van der Waals surface area contributed by atoms with Crippen molar-refractivity contribution in [1.29, 1.82) is 0 Å². The number of piperidine rings is 1. The Labute approximate surface area is 135 Å². The summed E-state index contributed by atoms with van der Waals surface area (Å²) in [5.74, 6) is -0.870. The molecule has 1 aliphatic heterocycles. The van der Waals surface area contributed by atoms with E-state index in [1.165, 1.54) is 0 Å². The van der Waals surface area contributed by atoms with Crippen LogP contribution in [0.3, 0.4) is 0 Å². The molecule has 0 aliphatic carbocycles. The van der Waals surface area contributed by atoms with Crippen LogP contribution in [-0.4, -0.2) is 50.1 Å². The number of carboxylic acids is 1. The third-order valence-corrected chi connectivity index (χ3v) is 5.85. The molecule has 0 spiro atoms. The molecule has 1 aromatic carbocycles. The van der Waals surface area contributed by atoms with Crippen molar-refractivity contribution in [3.8, 4) is 0 Å². The topological polar surface area (TPSA) is 86.7 Å². The molecule has 1 saturated heterocycles. The third-order valence-electron chi connectivity index (χ3n) is 3.70. The van der Waals surface area contributed by atoms with Crippen LogP contribution in [0.25, 0.3) is 0 Å². The molecule has 22 heavy (non-hydrogen) atoms. The number of nitrogens with one attached hydrogen (secondary N) is 1. The van der Waals surface area contributed by atoms with Crippen molar-refractivity contribution in [3.63, 3.8) is 0 Å². The van der Waals surface area contributed by atoms with E-state index in [4.69, 9.17) is 16.7 Å². The van der Waals surface area contributed by atoms with Crippen molar-refractivity contribution < 1.29 is 18.3 Å². The SMILES string of the molecule is Cc1cccc(Cl)c1S(=O)(=O)NC1CCN(CC(=O)O)CC1. The van der Waals surface area contributed by atoms with Gasteiger partial charge in [0.25, 0.3) is 0 Å². The maximum absolute atomic E-state index is 12.5. The van der Waals surface area contributed by atoms with Crippen LogP contribution in [0.5, 0.6) is 0 Å². The monoisotopic (exact) mass is 346 g/mol. The number of hydrogen-bond donors (Lipinski definition) is 2. The first-order valence-corrected chi connectivity index (χ1v) is 8.87. The molecule has 1 fully saturated rings. The van der Waals surface area contributed by atoms with E-state index < -0.39 is 16.0 Å². The summed E-state index contributed by atoms with van der Waals surface area (Å²) in [6.07, 6.45) is 1.16. The highest BCUT2D eigenvalue weighted by molar-refractivity contribution is 7.89. The number of aliphatic carboxylic acids is 1. The molecule has 6 nitrogen and oxygen atoms in total. The molecule has 1 heterocycles. The van der Waals surface area contributed by atoms with Gasteiger partial charge in [0.05, 0.1) is 11.6 Å². The van der Waals surface area contributed by atoms with E-state index in [0.29, 0.717) is 31.5 Å². The zero-order valence-corrected chi connectivity index (χ0v) is 13.8. The van der Waals surface area contributed by atoms with E-state index in [-0.39, 0.29) is 22.5 Å². The second-order valence-corrected chi connectivity index (χ2v) is 7.51. The van der Waals surface area contributed by atoms with Crippen LogP contribution in [0.4, 0.5) is 0 Å². The summed E-state index contributed by atoms with van der Waals surface area (Å²) < 4.78 is 27.7. The molecule has 0 saturated carbocycles. The lowest BCUT2D eigenvalue weighted by atomic mass is 10.1. The number of likely N-dealkylation sites (tertiary alicyclic amines) is 1. The van der Waals surface area contributed by atoms with Gasteiger partial charge in [-0.1, -0.05) is 23.7 Å². The lowest BCUT2D eigenvalue weighted by molar-refractivity contribution is -0.138. The standard InChI is InChI=1S/C14H19ClN2O4S/c1-10-3-2-4-12(15)14(10)22(20,21)16-11-5-7-17(8-6-11)9-13(18)19/h2-4,11,16H,5-9H2,1H3,(H,18,19). The summed E-state index contributed by atoms with van der Waals surface area (Å²) in [5.41, 5.74) is 0.600. The van der Waals surface area contributed by atoms with E-state index >= 15 is 0 Å². The fourth-order valence-electron chi connectivity index (χ4n) is 2.64. The van der Waals surface area contributed by atoms with Gasteiger partial charge in [0.1, 0.15) is 4.90 Å². The number of halogens is 1. The summed E-state index contributed by atoms with van der Waals surface area (Å²) in [6, 6.07) is 4.76. The number of sulfonamides is 1. The molecule has 122 valence electrons. The van der Waals surface area contributed by atoms with E-state index in [1.807, 2.05) is 0 Å². The van der Waals surface area contributed by atoms with Crippen LogP contribution < -0.4 is 4.72 Å². The first-order chi connectivity index (χ1) is 10.3. The zero-order chi connectivity index (χ0) is 16.3. The fraction of sp³-hybridized carbons (Fsp3) is 0.500. The van der Waals surface area contributed by atoms with Gasteiger partial charge in [0, 0.05) is 19.1 Å². The Balaban J connectivity index is 2.04. The zero-order valence-electron chi connectivity index (χ0n) is 12.3. The molecule has 1 aliphatic rings. The van der Waals surface area contributed by atoms with Crippen molar-refractivity contribution in [2.24, 2.45) is 0 Å². The molecular weight excluding hydrogens is 328 g/mol. The maximum atomic E-state index is 12.5. The van der Waals surface area contributed by atoms with Gasteiger partial charge in [0.15, 0.2) is 0 Å². The average molecular weight is 347 g/mol. The Bertz CT molecular complexity index is 635. The first kappa shape index (κ1) is 17.2. The van der Waals surface area contributed by atoms with E-state index in [2.05, 4.69) is 4.72 Å². The number of hydrogen-bond acceptors (Lipinski definition) is 4. The van der Waals surface area contributed by atoms with Gasteiger partial charge in [-0.3, -0.25) is 9.69 Å². The molecule has 2 N–H and O–H groups in total. The highest BCUT2D eigenvalue weighted by Crippen LogP contribution is 2.25. The quantitative estimate of drug-likeness (QED) is 0.843. The van der Waals surface area contributed by atoms with Crippen LogP contribution in [-0.2, 0) is 14.8 Å². The minimum absolute atomic E-state index is 0.0108. The van der Waals surface area contributed by atoms with Crippen molar-refractivity contribution in [1.82, 2.24) is 9.62 Å². The summed E-state index contributed by atoms with van der Waals surface area (Å²) in [7, 11) is -3.68. The fourth-order valence-corrected chi connectivity index (χ4v) is 4.77. The highest BCUT2D eigenvalue weighted by atomic mass is 35.5. The Morgan fingerprint density at radius 1 is 1.41 bits per heavy atom. The Morgan fingerprint density at radius 2 is 2.05 bits per heavy atom. The number of carboxylic acid groups (broad SMARTS) is 1. The van der Waals surface area contributed by atoms with Crippen LogP contribution >= 0.6 is 11.6 Å². The smallest absolute Gasteiger partial charge is 0.317 e. The second kappa shape index (κ2) is 6.95. The van der Waals surface area contributed by atoms with Crippen molar-refractivity contribution in [2.45, 2.75) is 30.7 Å². The lowest BCUT2D eigenvalue weighted by Gasteiger charge is -2.31. The molecule has 0 radical (unpaired) electrons. The number of nitrogens with zero attached hydrogens (tertiary/aromatic N) is 1. The summed E-state index contributed by atoms with van der Waals surface area (Å²) in [4.78, 5) is 12.6. The minimum Gasteiger partial charge on any atom is -0.480 e. The van der Waals surface area contributed by atoms with Gasteiger partial charge in [-0.15, -0.1) is 0 Å². The average Bonchev–Trinajstić information content (AvgIpc) is 2.39. The molecular formula is C14H19ClN2O4S. The molecule has 2 rings (SSSR count). The number of rotatable bonds is 5. The van der Waals surface area contributed by atoms with Crippen molar-refractivity contribution in [2.75, 3.05) is 19.6 Å². The maximum Gasteiger partial charge on any atom is 0.317 e. The second-order valence-electron chi connectivity index (χ2n) is 5.45. The van der Waals surface area contributed by atoms with Gasteiger partial charge >= 0.3 is 5.97 Å². The Morgan fingerprint density at radius 3 is 2.59 bits per heavy atom. The van der Waals surface area contributed by atoms with E-state index in [9.17, 15) is 13.2 Å². The summed E-state index contributed by atoms with van der Waals surface area (Å²) in [6.45, 7) is 2.81. The van der Waals surface area contributed by atoms with Gasteiger partial charge in [-0.05, 0) is 31.4 Å². The van der Waals surface area contributed by atoms with Gasteiger partial charge in [-0.25, -0.2) is 13.1 Å². The van der Waals surface area contributed by atoms with Crippen molar-refractivity contribution in [3.05, 3.63) is 28.8 Å². The van der Waals surface area contributed by atoms with Gasteiger partial charge in [0.2, 0.25) is 10.0 Å². The summed E-state index contributed by atoms with van der Waals surface area (Å²) >= 11 is 6.02. The van der Waals surface area contributed by atoms with E-state index in [0.717, 1.165) is 0 Å².